The number of carbonyl (C=O) groups excluding carboxylic acids is 1. The highest BCUT2D eigenvalue weighted by Crippen LogP contribution is 2.31. The molecule has 214 valence electrons. The van der Waals surface area contributed by atoms with Crippen molar-refractivity contribution in [2.24, 2.45) is 0 Å². The molecule has 2 unspecified atom stereocenters. The number of thioether (sulfide) groups is 1. The van der Waals surface area contributed by atoms with Gasteiger partial charge in [0.2, 0.25) is 0 Å². The van der Waals surface area contributed by atoms with Crippen LogP contribution in [0.25, 0.3) is 0 Å². The SMILES string of the molecule is O=C(CSCC(F)(F)F)c1ccc(CNc2c(Cl)ccc3c2CCNCC3)cc1.O=C(O)C(O)C(O)C(=O)O. The van der Waals surface area contributed by atoms with Crippen molar-refractivity contribution in [1.29, 1.82) is 0 Å². The number of aliphatic hydroxyl groups is 2. The van der Waals surface area contributed by atoms with Crippen LogP contribution >= 0.6 is 23.4 Å². The third-order valence-electron chi connectivity index (χ3n) is 5.53. The van der Waals surface area contributed by atoms with Crippen molar-refractivity contribution in [2.45, 2.75) is 37.8 Å². The second-order valence-electron chi connectivity index (χ2n) is 8.46. The van der Waals surface area contributed by atoms with E-state index in [0.29, 0.717) is 28.9 Å². The van der Waals surface area contributed by atoms with Crippen LogP contribution < -0.4 is 10.6 Å². The predicted molar refractivity (Wildman–Crippen MR) is 140 cm³/mol. The maximum atomic E-state index is 12.2. The van der Waals surface area contributed by atoms with E-state index in [9.17, 15) is 27.6 Å². The van der Waals surface area contributed by atoms with Crippen LogP contribution in [0.15, 0.2) is 36.4 Å². The lowest BCUT2D eigenvalue weighted by Crippen LogP contribution is -2.39. The van der Waals surface area contributed by atoms with E-state index >= 15 is 0 Å². The minimum Gasteiger partial charge on any atom is -0.479 e. The minimum absolute atomic E-state index is 0.184. The molecule has 1 aliphatic rings. The van der Waals surface area contributed by atoms with E-state index in [4.69, 9.17) is 32.0 Å². The van der Waals surface area contributed by atoms with Crippen LogP contribution in [0.4, 0.5) is 18.9 Å². The Bertz CT molecular complexity index is 1130. The molecule has 0 spiro atoms. The number of fused-ring (bicyclic) bond motifs is 1. The van der Waals surface area contributed by atoms with Crippen molar-refractivity contribution in [1.82, 2.24) is 5.32 Å². The van der Waals surface area contributed by atoms with Crippen LogP contribution in [-0.2, 0) is 29.0 Å². The number of hydrogen-bond acceptors (Lipinski definition) is 8. The van der Waals surface area contributed by atoms with E-state index in [2.05, 4.69) is 16.7 Å². The summed E-state index contributed by atoms with van der Waals surface area (Å²) in [5.41, 5.74) is 4.85. The van der Waals surface area contributed by atoms with E-state index in [-0.39, 0.29) is 11.5 Å². The first-order valence-electron chi connectivity index (χ1n) is 11.6. The summed E-state index contributed by atoms with van der Waals surface area (Å²) < 4.78 is 36.6. The Hall–Kier alpha value is -2.84. The molecule has 0 saturated carbocycles. The number of aliphatic hydroxyl groups excluding tert-OH is 2. The first kappa shape index (κ1) is 32.4. The van der Waals surface area contributed by atoms with Gasteiger partial charge in [-0.2, -0.15) is 13.2 Å². The molecule has 0 saturated heterocycles. The molecule has 0 bridgehead atoms. The summed E-state index contributed by atoms with van der Waals surface area (Å²) in [5, 5.41) is 40.0. The third-order valence-corrected chi connectivity index (χ3v) is 6.84. The van der Waals surface area contributed by atoms with Crippen LogP contribution in [0.1, 0.15) is 27.0 Å². The predicted octanol–water partition coefficient (Wildman–Crippen LogP) is 3.00. The number of carbonyl (C=O) groups is 3. The summed E-state index contributed by atoms with van der Waals surface area (Å²) in [4.78, 5) is 31.6. The molecule has 2 aromatic rings. The molecule has 39 heavy (non-hydrogen) atoms. The number of ketones is 1. The van der Waals surface area contributed by atoms with Gasteiger partial charge in [-0.25, -0.2) is 9.59 Å². The highest BCUT2D eigenvalue weighted by molar-refractivity contribution is 8.00. The van der Waals surface area contributed by atoms with Gasteiger partial charge in [-0.05, 0) is 48.7 Å². The summed E-state index contributed by atoms with van der Waals surface area (Å²) in [5.74, 6) is -5.04. The van der Waals surface area contributed by atoms with Gasteiger partial charge in [0.25, 0.3) is 0 Å². The quantitative estimate of drug-likeness (QED) is 0.227. The fourth-order valence-electron chi connectivity index (χ4n) is 3.55. The fraction of sp³-hybridized carbons (Fsp3) is 0.400. The van der Waals surface area contributed by atoms with Crippen molar-refractivity contribution in [3.05, 3.63) is 63.7 Å². The molecular formula is C25H28ClF3N2O7S. The smallest absolute Gasteiger partial charge is 0.397 e. The van der Waals surface area contributed by atoms with Crippen LogP contribution in [-0.4, -0.2) is 81.1 Å². The summed E-state index contributed by atoms with van der Waals surface area (Å²) in [6.45, 7) is 2.40. The number of nitrogens with one attached hydrogen (secondary N) is 2. The molecule has 6 N–H and O–H groups in total. The Kier molecular flexibility index (Phi) is 12.5. The van der Waals surface area contributed by atoms with Crippen molar-refractivity contribution < 1.29 is 48.0 Å². The number of hydrogen-bond donors (Lipinski definition) is 6. The molecule has 9 nitrogen and oxygen atoms in total. The molecule has 14 heteroatoms. The first-order chi connectivity index (χ1) is 18.3. The number of benzene rings is 2. The Labute approximate surface area is 231 Å². The van der Waals surface area contributed by atoms with E-state index in [1.807, 2.05) is 18.2 Å². The average molecular weight is 593 g/mol. The van der Waals surface area contributed by atoms with Crippen LogP contribution in [0, 0.1) is 0 Å². The molecule has 3 rings (SSSR count). The van der Waals surface area contributed by atoms with Gasteiger partial charge in [-0.1, -0.05) is 41.9 Å². The standard InChI is InChI=1S/C21H22ClF3N2OS.C4H6O6/c22-18-6-5-15-7-9-26-10-8-17(15)20(18)27-11-14-1-3-16(4-2-14)19(28)12-29-13-21(23,24)25;5-1(3(7)8)2(6)4(9)10/h1-6,26-27H,7-13H2;1-2,5-6H,(H,7,8)(H,9,10). The van der Waals surface area contributed by atoms with E-state index < -0.39 is 36.1 Å². The lowest BCUT2D eigenvalue weighted by Gasteiger charge is -2.16. The molecule has 1 heterocycles. The van der Waals surface area contributed by atoms with Gasteiger partial charge in [-0.3, -0.25) is 4.79 Å². The number of aliphatic carboxylic acids is 2. The van der Waals surface area contributed by atoms with Crippen molar-refractivity contribution in [3.63, 3.8) is 0 Å². The second-order valence-corrected chi connectivity index (χ2v) is 9.85. The van der Waals surface area contributed by atoms with E-state index in [1.54, 1.807) is 12.1 Å². The third kappa shape index (κ3) is 10.7. The zero-order chi connectivity index (χ0) is 29.2. The van der Waals surface area contributed by atoms with E-state index in [0.717, 1.165) is 37.2 Å². The maximum absolute atomic E-state index is 12.2. The van der Waals surface area contributed by atoms with Gasteiger partial charge in [0.15, 0.2) is 18.0 Å². The summed E-state index contributed by atoms with van der Waals surface area (Å²) in [6, 6.07) is 10.9. The molecule has 0 fully saturated rings. The summed E-state index contributed by atoms with van der Waals surface area (Å²) in [7, 11) is 0. The largest absolute Gasteiger partial charge is 0.479 e. The van der Waals surface area contributed by atoms with Crippen molar-refractivity contribution in [2.75, 3.05) is 29.9 Å². The van der Waals surface area contributed by atoms with Gasteiger partial charge in [0, 0.05) is 12.1 Å². The average Bonchev–Trinajstić information content (AvgIpc) is 3.12. The molecule has 2 aromatic carbocycles. The Balaban J connectivity index is 0.000000455. The fourth-order valence-corrected chi connectivity index (χ4v) is 4.48. The molecule has 0 aliphatic carbocycles. The van der Waals surface area contributed by atoms with Gasteiger partial charge < -0.3 is 31.1 Å². The van der Waals surface area contributed by atoms with Gasteiger partial charge >= 0.3 is 18.1 Å². The number of carboxylic acids is 2. The van der Waals surface area contributed by atoms with Gasteiger partial charge in [0.05, 0.1) is 22.2 Å². The topological polar surface area (TPSA) is 156 Å². The number of halogens is 4. The number of anilines is 1. The van der Waals surface area contributed by atoms with Crippen LogP contribution in [0.3, 0.4) is 0 Å². The minimum atomic E-state index is -4.26. The van der Waals surface area contributed by atoms with Crippen molar-refractivity contribution >= 4 is 46.8 Å². The van der Waals surface area contributed by atoms with E-state index in [1.165, 1.54) is 11.1 Å². The number of Topliss-reactive ketones (excluding diaryl/α,β-unsaturated/α-hetero) is 1. The Morgan fingerprint density at radius 2 is 1.56 bits per heavy atom. The second kappa shape index (κ2) is 15.1. The van der Waals surface area contributed by atoms with Crippen LogP contribution in [0.2, 0.25) is 5.02 Å². The Morgan fingerprint density at radius 1 is 0.974 bits per heavy atom. The van der Waals surface area contributed by atoms with Gasteiger partial charge in [-0.15, -0.1) is 11.8 Å². The molecule has 0 radical (unpaired) electrons. The highest BCUT2D eigenvalue weighted by atomic mass is 35.5. The molecule has 0 aromatic heterocycles. The molecule has 0 amide bonds. The maximum Gasteiger partial charge on any atom is 0.397 e. The Morgan fingerprint density at radius 3 is 2.13 bits per heavy atom. The zero-order valence-electron chi connectivity index (χ0n) is 20.5. The number of alkyl halides is 3. The van der Waals surface area contributed by atoms with Crippen molar-refractivity contribution in [3.8, 4) is 0 Å². The lowest BCUT2D eigenvalue weighted by atomic mass is 10.0. The summed E-state index contributed by atoms with van der Waals surface area (Å²) in [6.07, 6.45) is -6.92. The molecule has 2 atom stereocenters. The van der Waals surface area contributed by atoms with Gasteiger partial charge in [0.1, 0.15) is 0 Å². The monoisotopic (exact) mass is 592 g/mol. The first-order valence-corrected chi connectivity index (χ1v) is 13.2. The number of carboxylic acid groups (broad SMARTS) is 2. The normalized spacial score (nSPS) is 14.6. The molecular weight excluding hydrogens is 565 g/mol. The summed E-state index contributed by atoms with van der Waals surface area (Å²) >= 11 is 7.00. The number of rotatable bonds is 10. The molecule has 1 aliphatic heterocycles. The van der Waals surface area contributed by atoms with Crippen LogP contribution in [0.5, 0.6) is 0 Å². The lowest BCUT2D eigenvalue weighted by molar-refractivity contribution is -0.165. The highest BCUT2D eigenvalue weighted by Gasteiger charge is 2.29. The zero-order valence-corrected chi connectivity index (χ0v) is 22.1.